The maximum Gasteiger partial charge on any atom is 0.309 e. The van der Waals surface area contributed by atoms with Gasteiger partial charge < -0.3 is 19.0 Å². The first-order valence-electron chi connectivity index (χ1n) is 11.6. The number of fused-ring (bicyclic) bond motifs is 1. The van der Waals surface area contributed by atoms with Crippen LogP contribution in [0.1, 0.15) is 38.7 Å². The molecule has 1 aromatic heterocycles. The van der Waals surface area contributed by atoms with Gasteiger partial charge in [-0.3, -0.25) is 9.69 Å². The first-order chi connectivity index (χ1) is 15.1. The van der Waals surface area contributed by atoms with Crippen molar-refractivity contribution in [3.05, 3.63) is 36.0 Å². The van der Waals surface area contributed by atoms with Gasteiger partial charge in [0.1, 0.15) is 5.84 Å². The summed E-state index contributed by atoms with van der Waals surface area (Å²) in [6.07, 6.45) is 4.69. The highest BCUT2D eigenvalue weighted by atomic mass is 16.7. The molecule has 1 aromatic carbocycles. The summed E-state index contributed by atoms with van der Waals surface area (Å²) < 4.78 is 7.47. The van der Waals surface area contributed by atoms with E-state index in [9.17, 15) is 4.79 Å². The summed E-state index contributed by atoms with van der Waals surface area (Å²) in [7, 11) is 0. The normalized spacial score (nSPS) is 21.2. The van der Waals surface area contributed by atoms with Crippen LogP contribution in [-0.2, 0) is 27.5 Å². The van der Waals surface area contributed by atoms with Gasteiger partial charge in [-0.1, -0.05) is 17.3 Å². The average molecular weight is 425 g/mol. The van der Waals surface area contributed by atoms with Crippen LogP contribution in [-0.4, -0.2) is 64.6 Å². The van der Waals surface area contributed by atoms with E-state index in [0.717, 1.165) is 64.4 Å². The Morgan fingerprint density at radius 2 is 2.03 bits per heavy atom. The number of carbonyl (C=O) groups excluding carboxylic acids is 1. The zero-order valence-electron chi connectivity index (χ0n) is 18.5. The number of hydrogen-bond donors (Lipinski definition) is 0. The smallest absolute Gasteiger partial charge is 0.309 e. The molecule has 7 nitrogen and oxygen atoms in total. The van der Waals surface area contributed by atoms with Crippen molar-refractivity contribution in [1.82, 2.24) is 14.4 Å². The molecule has 7 heteroatoms. The molecule has 0 radical (unpaired) electrons. The van der Waals surface area contributed by atoms with Gasteiger partial charge in [0.25, 0.3) is 0 Å². The second-order valence-corrected chi connectivity index (χ2v) is 9.11. The first kappa shape index (κ1) is 20.4. The number of piperidine rings is 1. The van der Waals surface area contributed by atoms with Crippen molar-refractivity contribution in [2.24, 2.45) is 11.1 Å². The van der Waals surface area contributed by atoms with Crippen LogP contribution in [0.5, 0.6) is 0 Å². The Kier molecular flexibility index (Phi) is 5.38. The van der Waals surface area contributed by atoms with Crippen molar-refractivity contribution in [2.45, 2.75) is 51.8 Å². The average Bonchev–Trinajstić information content (AvgIpc) is 3.38. The van der Waals surface area contributed by atoms with Gasteiger partial charge >= 0.3 is 5.97 Å². The summed E-state index contributed by atoms with van der Waals surface area (Å²) >= 11 is 0. The highest BCUT2D eigenvalue weighted by Gasteiger charge is 2.50. The van der Waals surface area contributed by atoms with Gasteiger partial charge in [0.05, 0.1) is 18.9 Å². The van der Waals surface area contributed by atoms with Crippen LogP contribution < -0.4 is 0 Å². The summed E-state index contributed by atoms with van der Waals surface area (Å²) in [6.45, 7) is 9.95. The van der Waals surface area contributed by atoms with E-state index in [-0.39, 0.29) is 17.5 Å². The second-order valence-electron chi connectivity index (χ2n) is 9.11. The lowest BCUT2D eigenvalue weighted by molar-refractivity contribution is -0.149. The van der Waals surface area contributed by atoms with Crippen LogP contribution in [0.15, 0.2) is 35.6 Å². The molecule has 0 unspecified atom stereocenters. The summed E-state index contributed by atoms with van der Waals surface area (Å²) in [6, 6.07) is 8.95. The molecule has 3 aliphatic rings. The molecule has 0 amide bonds. The number of ether oxygens (including phenoxy) is 1. The van der Waals surface area contributed by atoms with Crippen LogP contribution >= 0.6 is 0 Å². The monoisotopic (exact) mass is 424 g/mol. The number of carbonyl (C=O) groups is 1. The Bertz CT molecular complexity index is 984. The fourth-order valence-corrected chi connectivity index (χ4v) is 5.22. The molecule has 166 valence electrons. The summed E-state index contributed by atoms with van der Waals surface area (Å²) in [5, 5.41) is 5.74. The van der Waals surface area contributed by atoms with Gasteiger partial charge in [-0.15, -0.1) is 0 Å². The standard InChI is InChI=1S/C24H32N4O3/c1-3-27-10-7-19-6-5-18(13-21(19)27)15-26-16-24(17-26)14-22(25-31-24)28-11-8-20(9-12-28)23(29)30-4-2/h5-7,10,13,20H,3-4,8-9,11-12,14-17H2,1-2H3. The minimum absolute atomic E-state index is 0.0263. The third-order valence-electron chi connectivity index (χ3n) is 6.91. The molecule has 2 saturated heterocycles. The van der Waals surface area contributed by atoms with Gasteiger partial charge in [-0.2, -0.15) is 0 Å². The zero-order chi connectivity index (χ0) is 21.4. The summed E-state index contributed by atoms with van der Waals surface area (Å²) in [4.78, 5) is 22.6. The van der Waals surface area contributed by atoms with E-state index in [2.05, 4.69) is 56.9 Å². The molecular weight excluding hydrogens is 392 g/mol. The topological polar surface area (TPSA) is 59.3 Å². The van der Waals surface area contributed by atoms with E-state index in [1.54, 1.807) is 0 Å². The first-order valence-corrected chi connectivity index (χ1v) is 11.6. The van der Waals surface area contributed by atoms with Gasteiger partial charge in [0.2, 0.25) is 0 Å². The molecule has 2 aromatic rings. The third-order valence-corrected chi connectivity index (χ3v) is 6.91. The number of aryl methyl sites for hydroxylation is 1. The fraction of sp³-hybridized carbons (Fsp3) is 0.583. The quantitative estimate of drug-likeness (QED) is 0.690. The summed E-state index contributed by atoms with van der Waals surface area (Å²) in [5.74, 6) is 1.02. The van der Waals surface area contributed by atoms with E-state index in [1.165, 1.54) is 16.5 Å². The van der Waals surface area contributed by atoms with Crippen LogP contribution in [0.4, 0.5) is 0 Å². The SMILES string of the molecule is CCOC(=O)C1CCN(C2=NOC3(C2)CN(Cc2ccc4ccn(CC)c4c2)C3)CC1. The largest absolute Gasteiger partial charge is 0.466 e. The zero-order valence-corrected chi connectivity index (χ0v) is 18.5. The number of nitrogens with zero attached hydrogens (tertiary/aromatic N) is 4. The van der Waals surface area contributed by atoms with Crippen LogP contribution in [0.3, 0.4) is 0 Å². The second kappa shape index (κ2) is 8.19. The number of oxime groups is 1. The molecule has 1 spiro atoms. The molecule has 0 atom stereocenters. The molecule has 0 bridgehead atoms. The molecule has 4 heterocycles. The Morgan fingerprint density at radius 1 is 1.23 bits per heavy atom. The predicted octanol–water partition coefficient (Wildman–Crippen LogP) is 3.22. The van der Waals surface area contributed by atoms with Gasteiger partial charge in [-0.05, 0) is 49.8 Å². The third kappa shape index (κ3) is 3.91. The van der Waals surface area contributed by atoms with E-state index in [1.807, 2.05) is 6.92 Å². The highest BCUT2D eigenvalue weighted by Crippen LogP contribution is 2.36. The number of benzene rings is 1. The van der Waals surface area contributed by atoms with Crippen molar-refractivity contribution in [3.8, 4) is 0 Å². The number of rotatable bonds is 5. The lowest BCUT2D eigenvalue weighted by atomic mass is 9.89. The van der Waals surface area contributed by atoms with Crippen LogP contribution in [0, 0.1) is 5.92 Å². The fourth-order valence-electron chi connectivity index (χ4n) is 5.22. The molecule has 2 fully saturated rings. The lowest BCUT2D eigenvalue weighted by Crippen LogP contribution is -2.61. The van der Waals surface area contributed by atoms with Crippen molar-refractivity contribution >= 4 is 22.7 Å². The lowest BCUT2D eigenvalue weighted by Gasteiger charge is -2.45. The van der Waals surface area contributed by atoms with E-state index < -0.39 is 0 Å². The predicted molar refractivity (Wildman–Crippen MR) is 120 cm³/mol. The van der Waals surface area contributed by atoms with Gasteiger partial charge in [-0.25, -0.2) is 0 Å². The maximum absolute atomic E-state index is 12.0. The number of amidine groups is 1. The number of esters is 1. The Hall–Kier alpha value is -2.54. The van der Waals surface area contributed by atoms with Crippen molar-refractivity contribution < 1.29 is 14.4 Å². The maximum atomic E-state index is 12.0. The number of aromatic nitrogens is 1. The number of hydrogen-bond acceptors (Lipinski definition) is 6. The van der Waals surface area contributed by atoms with Crippen LogP contribution in [0.2, 0.25) is 0 Å². The molecule has 0 N–H and O–H groups in total. The molecule has 0 saturated carbocycles. The molecule has 31 heavy (non-hydrogen) atoms. The molecular formula is C24H32N4O3. The van der Waals surface area contributed by atoms with E-state index >= 15 is 0 Å². The Labute approximate surface area is 183 Å². The van der Waals surface area contributed by atoms with Gasteiger partial charge in [0.15, 0.2) is 5.60 Å². The highest BCUT2D eigenvalue weighted by molar-refractivity contribution is 5.85. The summed E-state index contributed by atoms with van der Waals surface area (Å²) in [5.41, 5.74) is 2.49. The molecule has 3 aliphatic heterocycles. The van der Waals surface area contributed by atoms with Crippen molar-refractivity contribution in [2.75, 3.05) is 32.8 Å². The van der Waals surface area contributed by atoms with Crippen molar-refractivity contribution in [1.29, 1.82) is 0 Å². The van der Waals surface area contributed by atoms with Gasteiger partial charge in [0, 0.05) is 51.0 Å². The minimum Gasteiger partial charge on any atom is -0.466 e. The number of likely N-dealkylation sites (tertiary alicyclic amines) is 2. The van der Waals surface area contributed by atoms with Crippen LogP contribution in [0.25, 0.3) is 10.9 Å². The molecule has 5 rings (SSSR count). The minimum atomic E-state index is -0.166. The van der Waals surface area contributed by atoms with Crippen molar-refractivity contribution in [3.63, 3.8) is 0 Å². The Balaban J connectivity index is 1.12. The van der Waals surface area contributed by atoms with E-state index in [4.69, 9.17) is 9.57 Å². The Morgan fingerprint density at radius 3 is 2.77 bits per heavy atom. The van der Waals surface area contributed by atoms with E-state index in [0.29, 0.717) is 6.61 Å². The molecule has 0 aliphatic carbocycles.